The molecule has 1 unspecified atom stereocenters. The number of carbonyl (C=O) groups excluding carboxylic acids is 1. The Balaban J connectivity index is 2.33. The number of aryl methyl sites for hydroxylation is 1. The Hall–Kier alpha value is -2.12. The zero-order chi connectivity index (χ0) is 14.5. The van der Waals surface area contributed by atoms with E-state index in [0.29, 0.717) is 10.9 Å². The van der Waals surface area contributed by atoms with Gasteiger partial charge in [-0.05, 0) is 12.5 Å². The summed E-state index contributed by atoms with van der Waals surface area (Å²) in [6.07, 6.45) is 0. The number of thioether (sulfide) groups is 1. The average Bonchev–Trinajstić information content (AvgIpc) is 2.44. The molecule has 1 aromatic heterocycles. The van der Waals surface area contributed by atoms with E-state index in [4.69, 9.17) is 5.84 Å². The predicted molar refractivity (Wildman–Crippen MR) is 77.0 cm³/mol. The van der Waals surface area contributed by atoms with E-state index < -0.39 is 5.25 Å². The highest BCUT2D eigenvalue weighted by atomic mass is 32.2. The molecule has 2 rings (SSSR count). The number of nitrogens with one attached hydrogen (secondary N) is 2. The molecule has 0 spiro atoms. The maximum absolute atomic E-state index is 11.9. The smallest absolute Gasteiger partial charge is 0.251 e. The van der Waals surface area contributed by atoms with Gasteiger partial charge in [0.15, 0.2) is 5.16 Å². The minimum Gasteiger partial charge on any atom is -0.301 e. The molecule has 1 atom stereocenters. The fraction of sp³-hybridized carbons (Fsp3) is 0.154. The van der Waals surface area contributed by atoms with Crippen LogP contribution >= 0.6 is 11.8 Å². The molecule has 20 heavy (non-hydrogen) atoms. The maximum atomic E-state index is 11.9. The van der Waals surface area contributed by atoms with Gasteiger partial charge in [-0.15, -0.1) is 0 Å². The summed E-state index contributed by atoms with van der Waals surface area (Å²) in [6.45, 7) is 1.72. The number of benzene rings is 1. The van der Waals surface area contributed by atoms with E-state index in [0.717, 1.165) is 17.3 Å². The molecule has 0 aliphatic heterocycles. The van der Waals surface area contributed by atoms with E-state index in [1.54, 1.807) is 6.92 Å². The number of H-pyrrole nitrogens is 1. The van der Waals surface area contributed by atoms with Gasteiger partial charge in [-0.25, -0.2) is 10.8 Å². The molecular weight excluding hydrogens is 276 g/mol. The minimum atomic E-state index is -0.578. The number of hydrogen-bond acceptors (Lipinski definition) is 5. The number of aromatic amines is 1. The van der Waals surface area contributed by atoms with Crippen molar-refractivity contribution in [2.45, 2.75) is 17.3 Å². The van der Waals surface area contributed by atoms with E-state index in [1.165, 1.54) is 6.07 Å². The zero-order valence-corrected chi connectivity index (χ0v) is 11.6. The summed E-state index contributed by atoms with van der Waals surface area (Å²) < 4.78 is 0. The topological polar surface area (TPSA) is 101 Å². The van der Waals surface area contributed by atoms with Gasteiger partial charge in [0, 0.05) is 11.8 Å². The van der Waals surface area contributed by atoms with Gasteiger partial charge in [0.05, 0.1) is 0 Å². The number of amides is 1. The van der Waals surface area contributed by atoms with Gasteiger partial charge in [-0.1, -0.05) is 42.1 Å². The summed E-state index contributed by atoms with van der Waals surface area (Å²) >= 11 is 1.14. The largest absolute Gasteiger partial charge is 0.301 e. The van der Waals surface area contributed by atoms with Crippen LogP contribution in [-0.4, -0.2) is 15.9 Å². The first kappa shape index (κ1) is 14.3. The molecule has 0 radical (unpaired) electrons. The zero-order valence-electron chi connectivity index (χ0n) is 10.8. The van der Waals surface area contributed by atoms with Gasteiger partial charge in [-0.2, -0.15) is 0 Å². The van der Waals surface area contributed by atoms with Crippen LogP contribution in [0.15, 0.2) is 46.3 Å². The molecule has 0 saturated heterocycles. The molecule has 0 fully saturated rings. The molecule has 0 bridgehead atoms. The number of nitrogens with two attached hydrogens (primary N) is 1. The van der Waals surface area contributed by atoms with Gasteiger partial charge in [0.1, 0.15) is 5.25 Å². The van der Waals surface area contributed by atoms with Gasteiger partial charge < -0.3 is 4.98 Å². The molecule has 104 valence electrons. The minimum absolute atomic E-state index is 0.250. The normalized spacial score (nSPS) is 11.9. The molecular formula is C13H14N4O2S. The Bertz CT molecular complexity index is 657. The summed E-state index contributed by atoms with van der Waals surface area (Å²) in [4.78, 5) is 30.1. The van der Waals surface area contributed by atoms with Gasteiger partial charge >= 0.3 is 0 Å². The maximum Gasteiger partial charge on any atom is 0.251 e. The van der Waals surface area contributed by atoms with Crippen molar-refractivity contribution in [3.05, 3.63) is 58.0 Å². The highest BCUT2D eigenvalue weighted by molar-refractivity contribution is 8.00. The predicted octanol–water partition coefficient (Wildman–Crippen LogP) is 0.902. The molecule has 0 aliphatic carbocycles. The van der Waals surface area contributed by atoms with Gasteiger partial charge in [0.2, 0.25) is 0 Å². The van der Waals surface area contributed by atoms with Crippen molar-refractivity contribution in [1.82, 2.24) is 15.4 Å². The molecule has 0 saturated carbocycles. The van der Waals surface area contributed by atoms with E-state index in [2.05, 4.69) is 15.4 Å². The Morgan fingerprint density at radius 1 is 1.40 bits per heavy atom. The number of carbonyl (C=O) groups is 1. The van der Waals surface area contributed by atoms with E-state index in [9.17, 15) is 9.59 Å². The first-order valence-corrected chi connectivity index (χ1v) is 6.78. The van der Waals surface area contributed by atoms with Crippen molar-refractivity contribution in [2.75, 3.05) is 0 Å². The fourth-order valence-corrected chi connectivity index (χ4v) is 2.74. The summed E-state index contributed by atoms with van der Waals surface area (Å²) in [6, 6.07) is 10.6. The second-order valence-corrected chi connectivity index (χ2v) is 5.20. The molecule has 4 N–H and O–H groups in total. The van der Waals surface area contributed by atoms with Crippen LogP contribution in [-0.2, 0) is 4.79 Å². The first-order valence-electron chi connectivity index (χ1n) is 5.90. The van der Waals surface area contributed by atoms with Crippen LogP contribution < -0.4 is 16.8 Å². The Kier molecular flexibility index (Phi) is 4.54. The second kappa shape index (κ2) is 6.36. The van der Waals surface area contributed by atoms with E-state index in [-0.39, 0.29) is 11.5 Å². The lowest BCUT2D eigenvalue weighted by molar-refractivity contribution is -0.120. The number of hydrazine groups is 1. The Morgan fingerprint density at radius 3 is 2.70 bits per heavy atom. The summed E-state index contributed by atoms with van der Waals surface area (Å²) in [5, 5.41) is -0.196. The molecule has 1 amide bonds. The van der Waals surface area contributed by atoms with E-state index >= 15 is 0 Å². The summed E-state index contributed by atoms with van der Waals surface area (Å²) in [5.41, 5.74) is 3.26. The third-order valence-corrected chi connectivity index (χ3v) is 3.70. The van der Waals surface area contributed by atoms with Crippen molar-refractivity contribution in [3.63, 3.8) is 0 Å². The van der Waals surface area contributed by atoms with Crippen molar-refractivity contribution in [2.24, 2.45) is 5.84 Å². The first-order chi connectivity index (χ1) is 9.60. The van der Waals surface area contributed by atoms with Crippen LogP contribution in [0.3, 0.4) is 0 Å². The lowest BCUT2D eigenvalue weighted by Gasteiger charge is -2.14. The van der Waals surface area contributed by atoms with Crippen LogP contribution in [0.1, 0.15) is 16.5 Å². The molecule has 6 nitrogen and oxygen atoms in total. The highest BCUT2D eigenvalue weighted by Gasteiger charge is 2.22. The standard InChI is InChI=1S/C13H14N4O2S/c1-8-7-10(18)16-13(15-8)20-11(12(19)17-14)9-5-3-2-4-6-9/h2-7,11H,14H2,1H3,(H,17,19)(H,15,16,18). The van der Waals surface area contributed by atoms with E-state index in [1.807, 2.05) is 30.3 Å². The lowest BCUT2D eigenvalue weighted by atomic mass is 10.1. The van der Waals surface area contributed by atoms with Crippen LogP contribution in [0.25, 0.3) is 0 Å². The van der Waals surface area contributed by atoms with Gasteiger partial charge in [0.25, 0.3) is 11.5 Å². The lowest BCUT2D eigenvalue weighted by Crippen LogP contribution is -2.33. The van der Waals surface area contributed by atoms with Crippen LogP contribution in [0.4, 0.5) is 0 Å². The van der Waals surface area contributed by atoms with Crippen molar-refractivity contribution in [3.8, 4) is 0 Å². The summed E-state index contributed by atoms with van der Waals surface area (Å²) in [5.74, 6) is 4.86. The number of aromatic nitrogens is 2. The van der Waals surface area contributed by atoms with Gasteiger partial charge in [-0.3, -0.25) is 15.0 Å². The third-order valence-electron chi connectivity index (χ3n) is 2.56. The van der Waals surface area contributed by atoms with Crippen LogP contribution in [0.2, 0.25) is 0 Å². The van der Waals surface area contributed by atoms with Crippen molar-refractivity contribution in [1.29, 1.82) is 0 Å². The summed E-state index contributed by atoms with van der Waals surface area (Å²) in [7, 11) is 0. The number of rotatable bonds is 4. The number of nitrogens with zero attached hydrogens (tertiary/aromatic N) is 1. The third kappa shape index (κ3) is 3.46. The van der Waals surface area contributed by atoms with Crippen LogP contribution in [0, 0.1) is 6.92 Å². The Morgan fingerprint density at radius 2 is 2.10 bits per heavy atom. The fourth-order valence-electron chi connectivity index (χ4n) is 1.70. The quantitative estimate of drug-likeness (QED) is 0.255. The van der Waals surface area contributed by atoms with Crippen molar-refractivity contribution < 1.29 is 4.79 Å². The molecule has 7 heteroatoms. The second-order valence-electron chi connectivity index (χ2n) is 4.11. The SMILES string of the molecule is Cc1cc(=O)[nH]c(SC(C(=O)NN)c2ccccc2)n1. The molecule has 0 aliphatic rings. The molecule has 1 aromatic carbocycles. The Labute approximate surface area is 119 Å². The highest BCUT2D eigenvalue weighted by Crippen LogP contribution is 2.32. The van der Waals surface area contributed by atoms with Crippen LogP contribution in [0.5, 0.6) is 0 Å². The number of hydrogen-bond donors (Lipinski definition) is 3. The molecule has 2 aromatic rings. The molecule has 1 heterocycles. The monoisotopic (exact) mass is 290 g/mol. The average molecular weight is 290 g/mol. The van der Waals surface area contributed by atoms with Crippen molar-refractivity contribution >= 4 is 17.7 Å².